The molecule has 0 radical (unpaired) electrons. The number of Topliss-reactive ketones (excluding diaryl/α,β-unsaturated/α-hetero) is 1. The number of carbonyl (C=O) groups excluding carboxylic acids is 1. The molecule has 1 aromatic carbocycles. The van der Waals surface area contributed by atoms with Crippen LogP contribution in [-0.4, -0.2) is 5.78 Å². The van der Waals surface area contributed by atoms with Crippen molar-refractivity contribution in [2.75, 3.05) is 5.73 Å². The fraction of sp³-hybridized carbons (Fsp3) is 0.632. The Balaban J connectivity index is 2.09. The highest BCUT2D eigenvalue weighted by Gasteiger charge is 2.06. The maximum absolute atomic E-state index is 12.1. The lowest BCUT2D eigenvalue weighted by Crippen LogP contribution is -2.00. The van der Waals surface area contributed by atoms with Crippen LogP contribution in [0.15, 0.2) is 18.2 Å². The molecule has 0 unspecified atom stereocenters. The zero-order valence-corrected chi connectivity index (χ0v) is 13.8. The molecule has 0 aromatic heterocycles. The van der Waals surface area contributed by atoms with Crippen LogP contribution in [0.25, 0.3) is 0 Å². The predicted octanol–water partition coefficient (Wildman–Crippen LogP) is 5.68. The SMILES string of the molecule is CCCCCCCCCCCC(=O)c1ccc(N)c(C)c1. The zero-order valence-electron chi connectivity index (χ0n) is 13.8. The predicted molar refractivity (Wildman–Crippen MR) is 91.8 cm³/mol. The molecule has 1 aromatic rings. The van der Waals surface area contributed by atoms with E-state index in [4.69, 9.17) is 5.73 Å². The van der Waals surface area contributed by atoms with Gasteiger partial charge in [-0.05, 0) is 37.1 Å². The van der Waals surface area contributed by atoms with Crippen LogP contribution in [0.1, 0.15) is 87.1 Å². The summed E-state index contributed by atoms with van der Waals surface area (Å²) in [4.78, 5) is 12.1. The third-order valence-electron chi connectivity index (χ3n) is 4.10. The van der Waals surface area contributed by atoms with Gasteiger partial charge in [-0.3, -0.25) is 4.79 Å². The second-order valence-corrected chi connectivity index (χ2v) is 6.07. The van der Waals surface area contributed by atoms with Gasteiger partial charge in [-0.25, -0.2) is 0 Å². The van der Waals surface area contributed by atoms with Gasteiger partial charge in [0.1, 0.15) is 0 Å². The van der Waals surface area contributed by atoms with E-state index < -0.39 is 0 Å². The van der Waals surface area contributed by atoms with E-state index in [1.54, 1.807) is 0 Å². The van der Waals surface area contributed by atoms with Crippen LogP contribution in [-0.2, 0) is 0 Å². The van der Waals surface area contributed by atoms with E-state index >= 15 is 0 Å². The van der Waals surface area contributed by atoms with E-state index in [1.165, 1.54) is 51.4 Å². The normalized spacial score (nSPS) is 10.8. The lowest BCUT2D eigenvalue weighted by Gasteiger charge is -2.05. The second kappa shape index (κ2) is 10.4. The van der Waals surface area contributed by atoms with Gasteiger partial charge in [0.15, 0.2) is 5.78 Å². The average Bonchev–Trinajstić information content (AvgIpc) is 2.48. The summed E-state index contributed by atoms with van der Waals surface area (Å²) in [5, 5.41) is 0. The van der Waals surface area contributed by atoms with Gasteiger partial charge in [-0.2, -0.15) is 0 Å². The van der Waals surface area contributed by atoms with E-state index in [2.05, 4.69) is 6.92 Å². The number of carbonyl (C=O) groups is 1. The van der Waals surface area contributed by atoms with Crippen molar-refractivity contribution in [2.24, 2.45) is 0 Å². The minimum atomic E-state index is 0.251. The molecule has 21 heavy (non-hydrogen) atoms. The molecule has 0 atom stereocenters. The van der Waals surface area contributed by atoms with Crippen molar-refractivity contribution in [3.63, 3.8) is 0 Å². The Morgan fingerprint density at radius 1 is 0.952 bits per heavy atom. The molecular weight excluding hydrogens is 258 g/mol. The molecule has 0 spiro atoms. The van der Waals surface area contributed by atoms with Crippen LogP contribution in [0.3, 0.4) is 0 Å². The van der Waals surface area contributed by atoms with E-state index in [9.17, 15) is 4.79 Å². The summed E-state index contributed by atoms with van der Waals surface area (Å²) in [5.41, 5.74) is 8.34. The molecule has 0 saturated heterocycles. The summed E-state index contributed by atoms with van der Waals surface area (Å²) < 4.78 is 0. The summed E-state index contributed by atoms with van der Waals surface area (Å²) in [7, 11) is 0. The first-order valence-corrected chi connectivity index (χ1v) is 8.54. The number of nitrogens with two attached hydrogens (primary N) is 1. The molecule has 2 heteroatoms. The zero-order chi connectivity index (χ0) is 15.5. The first kappa shape index (κ1) is 17.7. The number of benzene rings is 1. The van der Waals surface area contributed by atoms with Crippen molar-refractivity contribution in [2.45, 2.75) is 78.1 Å². The molecule has 0 fully saturated rings. The minimum absolute atomic E-state index is 0.251. The second-order valence-electron chi connectivity index (χ2n) is 6.07. The molecule has 0 heterocycles. The summed E-state index contributed by atoms with van der Waals surface area (Å²) in [6, 6.07) is 5.59. The highest BCUT2D eigenvalue weighted by atomic mass is 16.1. The van der Waals surface area contributed by atoms with Crippen LogP contribution >= 0.6 is 0 Å². The Bertz CT molecular complexity index is 426. The van der Waals surface area contributed by atoms with Crippen LogP contribution in [0.2, 0.25) is 0 Å². The van der Waals surface area contributed by atoms with Gasteiger partial charge >= 0.3 is 0 Å². The Labute approximate surface area is 130 Å². The average molecular weight is 289 g/mol. The topological polar surface area (TPSA) is 43.1 Å². The number of hydrogen-bond acceptors (Lipinski definition) is 2. The summed E-state index contributed by atoms with van der Waals surface area (Å²) in [5.74, 6) is 0.251. The quantitative estimate of drug-likeness (QED) is 0.323. The molecule has 2 N–H and O–H groups in total. The van der Waals surface area contributed by atoms with Gasteiger partial charge in [0, 0.05) is 17.7 Å². The molecule has 0 aliphatic carbocycles. The number of nitrogen functional groups attached to an aromatic ring is 1. The molecule has 0 amide bonds. The third kappa shape index (κ3) is 7.31. The van der Waals surface area contributed by atoms with E-state index in [0.717, 1.165) is 23.2 Å². The standard InChI is InChI=1S/C19H31NO/c1-3-4-5-6-7-8-9-10-11-12-19(21)17-13-14-18(20)16(2)15-17/h13-15H,3-12,20H2,1-2H3. The van der Waals surface area contributed by atoms with Crippen molar-refractivity contribution in [3.05, 3.63) is 29.3 Å². The summed E-state index contributed by atoms with van der Waals surface area (Å²) in [6.07, 6.45) is 12.2. The maximum atomic E-state index is 12.1. The van der Waals surface area contributed by atoms with Crippen molar-refractivity contribution in [1.82, 2.24) is 0 Å². The Hall–Kier alpha value is -1.31. The molecule has 2 nitrogen and oxygen atoms in total. The van der Waals surface area contributed by atoms with Crippen molar-refractivity contribution in [3.8, 4) is 0 Å². The highest BCUT2D eigenvalue weighted by Crippen LogP contribution is 2.16. The number of hydrogen-bond donors (Lipinski definition) is 1. The first-order valence-electron chi connectivity index (χ1n) is 8.54. The third-order valence-corrected chi connectivity index (χ3v) is 4.10. The fourth-order valence-electron chi connectivity index (χ4n) is 2.59. The number of aryl methyl sites for hydroxylation is 1. The molecule has 0 aliphatic heterocycles. The Morgan fingerprint density at radius 2 is 1.52 bits per heavy atom. The van der Waals surface area contributed by atoms with Crippen molar-refractivity contribution < 1.29 is 4.79 Å². The Morgan fingerprint density at radius 3 is 2.10 bits per heavy atom. The van der Waals surface area contributed by atoms with Crippen LogP contribution in [0.5, 0.6) is 0 Å². The van der Waals surface area contributed by atoms with E-state index in [1.807, 2.05) is 25.1 Å². The Kier molecular flexibility index (Phi) is 8.80. The van der Waals surface area contributed by atoms with Gasteiger partial charge in [-0.15, -0.1) is 0 Å². The van der Waals surface area contributed by atoms with Crippen LogP contribution in [0.4, 0.5) is 5.69 Å². The summed E-state index contributed by atoms with van der Waals surface area (Å²) in [6.45, 7) is 4.20. The van der Waals surface area contributed by atoms with Gasteiger partial charge in [0.2, 0.25) is 0 Å². The molecular formula is C19H31NO. The first-order chi connectivity index (χ1) is 10.1. The molecule has 0 bridgehead atoms. The lowest BCUT2D eigenvalue weighted by atomic mass is 10.0. The van der Waals surface area contributed by atoms with Gasteiger partial charge in [0.05, 0.1) is 0 Å². The van der Waals surface area contributed by atoms with Crippen molar-refractivity contribution in [1.29, 1.82) is 0 Å². The molecule has 1 rings (SSSR count). The molecule has 118 valence electrons. The van der Waals surface area contributed by atoms with Crippen LogP contribution in [0, 0.1) is 6.92 Å². The van der Waals surface area contributed by atoms with E-state index in [0.29, 0.717) is 6.42 Å². The van der Waals surface area contributed by atoms with E-state index in [-0.39, 0.29) is 5.78 Å². The lowest BCUT2D eigenvalue weighted by molar-refractivity contribution is 0.0979. The maximum Gasteiger partial charge on any atom is 0.162 e. The number of anilines is 1. The largest absolute Gasteiger partial charge is 0.399 e. The minimum Gasteiger partial charge on any atom is -0.399 e. The summed E-state index contributed by atoms with van der Waals surface area (Å²) >= 11 is 0. The molecule has 0 aliphatic rings. The highest BCUT2D eigenvalue weighted by molar-refractivity contribution is 5.96. The van der Waals surface area contributed by atoms with Gasteiger partial charge < -0.3 is 5.73 Å². The number of unbranched alkanes of at least 4 members (excludes halogenated alkanes) is 8. The number of rotatable bonds is 11. The van der Waals surface area contributed by atoms with Crippen molar-refractivity contribution >= 4 is 11.5 Å². The van der Waals surface area contributed by atoms with Gasteiger partial charge in [0.25, 0.3) is 0 Å². The molecule has 0 saturated carbocycles. The smallest absolute Gasteiger partial charge is 0.162 e. The monoisotopic (exact) mass is 289 g/mol. The van der Waals surface area contributed by atoms with Crippen LogP contribution < -0.4 is 5.73 Å². The fourth-order valence-corrected chi connectivity index (χ4v) is 2.59. The van der Waals surface area contributed by atoms with Gasteiger partial charge in [-0.1, -0.05) is 58.3 Å². The number of ketones is 1.